The summed E-state index contributed by atoms with van der Waals surface area (Å²) in [4.78, 5) is 16.9. The zero-order chi connectivity index (χ0) is 20.0. The van der Waals surface area contributed by atoms with Gasteiger partial charge in [-0.2, -0.15) is 0 Å². The minimum Gasteiger partial charge on any atom is -0.378 e. The van der Waals surface area contributed by atoms with Crippen molar-refractivity contribution in [3.8, 4) is 0 Å². The maximum absolute atomic E-state index is 12.8. The van der Waals surface area contributed by atoms with Gasteiger partial charge in [0.15, 0.2) is 0 Å². The van der Waals surface area contributed by atoms with Crippen LogP contribution in [0, 0.1) is 11.3 Å². The molecule has 0 radical (unpaired) electrons. The quantitative estimate of drug-likeness (QED) is 0.725. The van der Waals surface area contributed by atoms with Gasteiger partial charge in [-0.25, -0.2) is 0 Å². The molecule has 5 heteroatoms. The Hall–Kier alpha value is -1.91. The predicted molar refractivity (Wildman–Crippen MR) is 112 cm³/mol. The van der Waals surface area contributed by atoms with Crippen LogP contribution in [0.25, 0.3) is 0 Å². The van der Waals surface area contributed by atoms with Crippen molar-refractivity contribution < 1.29 is 9.53 Å². The van der Waals surface area contributed by atoms with Crippen LogP contribution >= 0.6 is 11.6 Å². The number of hydrogen-bond acceptors (Lipinski definition) is 3. The van der Waals surface area contributed by atoms with Gasteiger partial charge < -0.3 is 10.1 Å². The van der Waals surface area contributed by atoms with Crippen molar-refractivity contribution in [3.05, 3.63) is 64.9 Å². The van der Waals surface area contributed by atoms with Crippen LogP contribution < -0.4 is 5.32 Å². The first kappa shape index (κ1) is 20.8. The first-order valence-electron chi connectivity index (χ1n) is 9.98. The highest BCUT2D eigenvalue weighted by molar-refractivity contribution is 6.31. The second-order valence-electron chi connectivity index (χ2n) is 8.19. The molecule has 0 unspecified atom stereocenters. The van der Waals surface area contributed by atoms with Crippen molar-refractivity contribution in [1.29, 1.82) is 0 Å². The molecule has 1 aliphatic rings. The molecule has 1 N–H and O–H groups in total. The molecule has 4 nitrogen and oxygen atoms in total. The molecular weight excluding hydrogens is 372 g/mol. The second-order valence-corrected chi connectivity index (χ2v) is 8.60. The number of pyridine rings is 1. The van der Waals surface area contributed by atoms with E-state index in [9.17, 15) is 4.79 Å². The molecule has 1 saturated heterocycles. The van der Waals surface area contributed by atoms with E-state index in [0.29, 0.717) is 25.5 Å². The summed E-state index contributed by atoms with van der Waals surface area (Å²) in [6.45, 7) is 5.54. The number of nitrogens with one attached hydrogen (secondary N) is 1. The molecule has 28 heavy (non-hydrogen) atoms. The van der Waals surface area contributed by atoms with Gasteiger partial charge in [-0.3, -0.25) is 9.78 Å². The lowest BCUT2D eigenvalue weighted by Crippen LogP contribution is -2.42. The van der Waals surface area contributed by atoms with Crippen LogP contribution in [0.2, 0.25) is 5.02 Å². The number of aromatic nitrogens is 1. The largest absolute Gasteiger partial charge is 0.378 e. The summed E-state index contributed by atoms with van der Waals surface area (Å²) in [6, 6.07) is 11.8. The SMILES string of the molecule is CC(C)[C@H]1C[C@](CC(=O)NCc2cccnc2)(Cc2ccccc2Cl)CCO1. The predicted octanol–water partition coefficient (Wildman–Crippen LogP) is 4.81. The molecule has 0 saturated carbocycles. The molecule has 2 heterocycles. The number of rotatable bonds is 7. The minimum atomic E-state index is -0.142. The van der Waals surface area contributed by atoms with Crippen molar-refractivity contribution in [1.82, 2.24) is 10.3 Å². The van der Waals surface area contributed by atoms with Crippen LogP contribution in [0.15, 0.2) is 48.8 Å². The summed E-state index contributed by atoms with van der Waals surface area (Å²) in [7, 11) is 0. The monoisotopic (exact) mass is 400 g/mol. The highest BCUT2D eigenvalue weighted by atomic mass is 35.5. The van der Waals surface area contributed by atoms with Crippen LogP contribution in [0.1, 0.15) is 44.2 Å². The van der Waals surface area contributed by atoms with E-state index in [1.807, 2.05) is 30.3 Å². The van der Waals surface area contributed by atoms with Gasteiger partial charge in [0.25, 0.3) is 0 Å². The van der Waals surface area contributed by atoms with E-state index in [1.54, 1.807) is 12.4 Å². The average molecular weight is 401 g/mol. The summed E-state index contributed by atoms with van der Waals surface area (Å²) in [6.07, 6.45) is 6.69. The Morgan fingerprint density at radius 1 is 1.32 bits per heavy atom. The topological polar surface area (TPSA) is 51.2 Å². The molecule has 1 aromatic carbocycles. The van der Waals surface area contributed by atoms with Crippen LogP contribution in [0.3, 0.4) is 0 Å². The minimum absolute atomic E-state index is 0.0697. The molecular formula is C23H29ClN2O2. The van der Waals surface area contributed by atoms with E-state index in [0.717, 1.165) is 35.4 Å². The van der Waals surface area contributed by atoms with Crippen LogP contribution in [0.4, 0.5) is 0 Å². The molecule has 2 atom stereocenters. The molecule has 150 valence electrons. The molecule has 0 spiro atoms. The number of amides is 1. The van der Waals surface area contributed by atoms with E-state index in [-0.39, 0.29) is 17.4 Å². The fraction of sp³-hybridized carbons (Fsp3) is 0.478. The molecule has 1 amide bonds. The number of carbonyl (C=O) groups excluding carboxylic acids is 1. The number of benzene rings is 1. The second kappa shape index (κ2) is 9.53. The van der Waals surface area contributed by atoms with Gasteiger partial charge in [0, 0.05) is 37.0 Å². The maximum Gasteiger partial charge on any atom is 0.220 e. The molecule has 2 aromatic rings. The Balaban J connectivity index is 1.74. The summed E-state index contributed by atoms with van der Waals surface area (Å²) in [5, 5.41) is 3.83. The van der Waals surface area contributed by atoms with E-state index in [4.69, 9.17) is 16.3 Å². The Morgan fingerprint density at radius 3 is 2.86 bits per heavy atom. The number of nitrogens with zero attached hydrogens (tertiary/aromatic N) is 1. The summed E-state index contributed by atoms with van der Waals surface area (Å²) in [5.41, 5.74) is 1.97. The van der Waals surface area contributed by atoms with Gasteiger partial charge >= 0.3 is 0 Å². The molecule has 1 aliphatic heterocycles. The fourth-order valence-electron chi connectivity index (χ4n) is 3.98. The first-order valence-corrected chi connectivity index (χ1v) is 10.4. The number of ether oxygens (including phenoxy) is 1. The van der Waals surface area contributed by atoms with Crippen molar-refractivity contribution >= 4 is 17.5 Å². The fourth-order valence-corrected chi connectivity index (χ4v) is 4.18. The third-order valence-corrected chi connectivity index (χ3v) is 5.98. The van der Waals surface area contributed by atoms with Gasteiger partial charge in [0.05, 0.1) is 6.10 Å². The average Bonchev–Trinajstić information content (AvgIpc) is 2.69. The van der Waals surface area contributed by atoms with E-state index in [1.165, 1.54) is 0 Å². The number of carbonyl (C=O) groups is 1. The highest BCUT2D eigenvalue weighted by Crippen LogP contribution is 2.42. The van der Waals surface area contributed by atoms with Crippen LogP contribution in [0.5, 0.6) is 0 Å². The van der Waals surface area contributed by atoms with E-state index in [2.05, 4.69) is 30.2 Å². The first-order chi connectivity index (χ1) is 13.5. The van der Waals surface area contributed by atoms with E-state index >= 15 is 0 Å². The lowest BCUT2D eigenvalue weighted by Gasteiger charge is -2.42. The Labute approximate surface area is 172 Å². The zero-order valence-corrected chi connectivity index (χ0v) is 17.4. The van der Waals surface area contributed by atoms with Crippen LogP contribution in [-0.2, 0) is 22.5 Å². The van der Waals surface area contributed by atoms with Crippen molar-refractivity contribution in [3.63, 3.8) is 0 Å². The van der Waals surface area contributed by atoms with Crippen LogP contribution in [-0.4, -0.2) is 23.6 Å². The smallest absolute Gasteiger partial charge is 0.220 e. The number of halogens is 1. The van der Waals surface area contributed by atoms with Crippen molar-refractivity contribution in [2.24, 2.45) is 11.3 Å². The Morgan fingerprint density at radius 2 is 2.14 bits per heavy atom. The molecule has 0 bridgehead atoms. The summed E-state index contributed by atoms with van der Waals surface area (Å²) < 4.78 is 6.00. The van der Waals surface area contributed by atoms with Gasteiger partial charge in [0.1, 0.15) is 0 Å². The molecule has 1 fully saturated rings. The van der Waals surface area contributed by atoms with Gasteiger partial charge in [0.2, 0.25) is 5.91 Å². The Bertz CT molecular complexity index is 781. The third-order valence-electron chi connectivity index (χ3n) is 5.61. The zero-order valence-electron chi connectivity index (χ0n) is 16.7. The Kier molecular flexibility index (Phi) is 7.08. The highest BCUT2D eigenvalue weighted by Gasteiger charge is 2.40. The normalized spacial score (nSPS) is 22.2. The lowest BCUT2D eigenvalue weighted by molar-refractivity contribution is -0.128. The lowest BCUT2D eigenvalue weighted by atomic mass is 9.69. The molecule has 1 aromatic heterocycles. The summed E-state index contributed by atoms with van der Waals surface area (Å²) in [5.74, 6) is 0.490. The number of hydrogen-bond donors (Lipinski definition) is 1. The van der Waals surface area contributed by atoms with Gasteiger partial charge in [-0.15, -0.1) is 0 Å². The van der Waals surface area contributed by atoms with E-state index < -0.39 is 0 Å². The maximum atomic E-state index is 12.8. The standard InChI is InChI=1S/C23H29ClN2O2/c1-17(2)21-13-23(9-11-28-21,12-19-7-3-4-8-20(19)24)14-22(27)26-16-18-6-5-10-25-15-18/h3-8,10,15,17,21H,9,11-14,16H2,1-2H3,(H,26,27)/t21-,23-/m1/s1. The van der Waals surface area contributed by atoms with Crippen molar-refractivity contribution in [2.75, 3.05) is 6.61 Å². The van der Waals surface area contributed by atoms with Gasteiger partial charge in [-0.1, -0.05) is 49.7 Å². The van der Waals surface area contributed by atoms with Gasteiger partial charge in [-0.05, 0) is 53.9 Å². The van der Waals surface area contributed by atoms with Crippen molar-refractivity contribution in [2.45, 2.75) is 52.2 Å². The molecule has 3 rings (SSSR count). The summed E-state index contributed by atoms with van der Waals surface area (Å²) >= 11 is 6.44. The third kappa shape index (κ3) is 5.55. The molecule has 0 aliphatic carbocycles.